The highest BCUT2D eigenvalue weighted by molar-refractivity contribution is 6.32. The second kappa shape index (κ2) is 6.41. The van der Waals surface area contributed by atoms with E-state index in [0.29, 0.717) is 38.9 Å². The summed E-state index contributed by atoms with van der Waals surface area (Å²) >= 11 is 6.27. The molecule has 1 heterocycles. The summed E-state index contributed by atoms with van der Waals surface area (Å²) in [5.41, 5.74) is 0.707. The number of methoxy groups -OCH3 is 3. The Morgan fingerprint density at radius 1 is 1.00 bits per heavy atom. The van der Waals surface area contributed by atoms with Gasteiger partial charge in [-0.2, -0.15) is 0 Å². The molecule has 0 saturated heterocycles. The third kappa shape index (κ3) is 2.65. The van der Waals surface area contributed by atoms with Crippen LogP contribution >= 0.6 is 11.6 Å². The summed E-state index contributed by atoms with van der Waals surface area (Å²) in [6, 6.07) is 8.39. The minimum absolute atomic E-state index is 0.286. The second-order valence-electron chi connectivity index (χ2n) is 4.96. The highest BCUT2D eigenvalue weighted by Gasteiger charge is 2.15. The highest BCUT2D eigenvalue weighted by atomic mass is 35.5. The number of halogens is 1. The molecule has 0 spiro atoms. The van der Waals surface area contributed by atoms with Gasteiger partial charge in [0.05, 0.1) is 37.6 Å². The Labute approximate surface area is 143 Å². The van der Waals surface area contributed by atoms with E-state index in [4.69, 9.17) is 25.8 Å². The van der Waals surface area contributed by atoms with Gasteiger partial charge >= 0.3 is 0 Å². The third-order valence-corrected chi connectivity index (χ3v) is 3.97. The van der Waals surface area contributed by atoms with Gasteiger partial charge in [0.25, 0.3) is 5.56 Å². The highest BCUT2D eigenvalue weighted by Crippen LogP contribution is 2.29. The minimum Gasteiger partial charge on any atom is -0.497 e. The molecule has 2 aromatic carbocycles. The molecule has 0 radical (unpaired) electrons. The standard InChI is InChI=1S/C17H15ClN2O4/c1-22-10-4-5-14(12(18)6-10)20-9-19-13-7-11(23-2)8-15(24-3)16(13)17(20)21/h4-9H,1-3H3. The van der Waals surface area contributed by atoms with Gasteiger partial charge in [0, 0.05) is 18.2 Å². The van der Waals surface area contributed by atoms with Crippen LogP contribution in [0.1, 0.15) is 0 Å². The SMILES string of the molecule is COc1ccc(-n2cnc3cc(OC)cc(OC)c3c2=O)c(Cl)c1. The molecule has 0 N–H and O–H groups in total. The fourth-order valence-corrected chi connectivity index (χ4v) is 2.71. The fraction of sp³-hybridized carbons (Fsp3) is 0.176. The van der Waals surface area contributed by atoms with Gasteiger partial charge in [-0.15, -0.1) is 0 Å². The number of benzene rings is 2. The molecule has 0 amide bonds. The lowest BCUT2D eigenvalue weighted by atomic mass is 10.2. The summed E-state index contributed by atoms with van der Waals surface area (Å²) in [6.07, 6.45) is 1.43. The van der Waals surface area contributed by atoms with Crippen molar-refractivity contribution >= 4 is 22.5 Å². The van der Waals surface area contributed by atoms with Crippen LogP contribution in [0.4, 0.5) is 0 Å². The first-order valence-electron chi connectivity index (χ1n) is 7.06. The molecule has 3 rings (SSSR count). The molecule has 3 aromatic rings. The molecular weight excluding hydrogens is 332 g/mol. The minimum atomic E-state index is -0.286. The van der Waals surface area contributed by atoms with Gasteiger partial charge in [-0.05, 0) is 12.1 Å². The van der Waals surface area contributed by atoms with E-state index in [0.717, 1.165) is 0 Å². The lowest BCUT2D eigenvalue weighted by Gasteiger charge is -2.12. The van der Waals surface area contributed by atoms with Crippen molar-refractivity contribution in [2.45, 2.75) is 0 Å². The maximum Gasteiger partial charge on any atom is 0.269 e. The molecule has 0 atom stereocenters. The predicted molar refractivity (Wildman–Crippen MR) is 92.0 cm³/mol. The van der Waals surface area contributed by atoms with Crippen molar-refractivity contribution in [3.05, 3.63) is 52.0 Å². The zero-order valence-corrected chi connectivity index (χ0v) is 14.1. The molecule has 0 aliphatic rings. The first-order valence-corrected chi connectivity index (χ1v) is 7.44. The van der Waals surface area contributed by atoms with Crippen LogP contribution in [0.2, 0.25) is 5.02 Å². The lowest BCUT2D eigenvalue weighted by molar-refractivity contribution is 0.397. The average molecular weight is 347 g/mol. The lowest BCUT2D eigenvalue weighted by Crippen LogP contribution is -2.19. The number of hydrogen-bond donors (Lipinski definition) is 0. The van der Waals surface area contributed by atoms with Crippen LogP contribution in [0.3, 0.4) is 0 Å². The zero-order chi connectivity index (χ0) is 17.3. The number of ether oxygens (including phenoxy) is 3. The quantitative estimate of drug-likeness (QED) is 0.726. The Bertz CT molecular complexity index is 969. The van der Waals surface area contributed by atoms with Gasteiger partial charge in [-0.1, -0.05) is 11.6 Å². The molecule has 0 saturated carbocycles. The monoisotopic (exact) mass is 346 g/mol. The second-order valence-corrected chi connectivity index (χ2v) is 5.37. The number of fused-ring (bicyclic) bond motifs is 1. The van der Waals surface area contributed by atoms with Crippen molar-refractivity contribution in [1.82, 2.24) is 9.55 Å². The molecule has 124 valence electrons. The van der Waals surface area contributed by atoms with Crippen LogP contribution in [0.15, 0.2) is 41.5 Å². The fourth-order valence-electron chi connectivity index (χ4n) is 2.45. The van der Waals surface area contributed by atoms with E-state index in [1.54, 1.807) is 44.6 Å². The van der Waals surface area contributed by atoms with Gasteiger partial charge in [0.1, 0.15) is 29.0 Å². The summed E-state index contributed by atoms with van der Waals surface area (Å²) < 4.78 is 17.0. The number of rotatable bonds is 4. The molecule has 0 unspecified atom stereocenters. The molecule has 24 heavy (non-hydrogen) atoms. The van der Waals surface area contributed by atoms with Crippen molar-refractivity contribution in [2.24, 2.45) is 0 Å². The van der Waals surface area contributed by atoms with Crippen LogP contribution in [-0.2, 0) is 0 Å². The van der Waals surface area contributed by atoms with E-state index < -0.39 is 0 Å². The van der Waals surface area contributed by atoms with Crippen LogP contribution < -0.4 is 19.8 Å². The van der Waals surface area contributed by atoms with Crippen LogP contribution in [0.25, 0.3) is 16.6 Å². The summed E-state index contributed by atoms with van der Waals surface area (Å²) in [5, 5.41) is 0.734. The third-order valence-electron chi connectivity index (χ3n) is 3.67. The van der Waals surface area contributed by atoms with E-state index in [2.05, 4.69) is 4.98 Å². The summed E-state index contributed by atoms with van der Waals surface area (Å²) in [5.74, 6) is 1.56. The van der Waals surface area contributed by atoms with Crippen LogP contribution in [0, 0.1) is 0 Å². The van der Waals surface area contributed by atoms with Crippen LogP contribution in [0.5, 0.6) is 17.2 Å². The zero-order valence-electron chi connectivity index (χ0n) is 13.4. The first-order chi connectivity index (χ1) is 11.6. The number of aromatic nitrogens is 2. The molecule has 1 aromatic heterocycles. The largest absolute Gasteiger partial charge is 0.497 e. The Hall–Kier alpha value is -2.73. The van der Waals surface area contributed by atoms with E-state index in [-0.39, 0.29) is 5.56 Å². The van der Waals surface area contributed by atoms with Crippen molar-refractivity contribution < 1.29 is 14.2 Å². The van der Waals surface area contributed by atoms with E-state index in [1.807, 2.05) is 0 Å². The molecule has 7 heteroatoms. The van der Waals surface area contributed by atoms with Crippen molar-refractivity contribution in [1.29, 1.82) is 0 Å². The average Bonchev–Trinajstić information content (AvgIpc) is 2.61. The normalized spacial score (nSPS) is 10.7. The summed E-state index contributed by atoms with van der Waals surface area (Å²) in [7, 11) is 4.58. The van der Waals surface area contributed by atoms with E-state index in [1.165, 1.54) is 18.0 Å². The van der Waals surface area contributed by atoms with E-state index in [9.17, 15) is 4.79 Å². The van der Waals surface area contributed by atoms with Crippen molar-refractivity contribution in [3.8, 4) is 22.9 Å². The maximum absolute atomic E-state index is 12.9. The molecule has 0 fully saturated rings. The van der Waals surface area contributed by atoms with Crippen molar-refractivity contribution in [3.63, 3.8) is 0 Å². The van der Waals surface area contributed by atoms with Gasteiger partial charge < -0.3 is 14.2 Å². The Morgan fingerprint density at radius 2 is 1.75 bits per heavy atom. The number of nitrogens with zero attached hydrogens (tertiary/aromatic N) is 2. The molecule has 0 aliphatic carbocycles. The molecule has 6 nitrogen and oxygen atoms in total. The van der Waals surface area contributed by atoms with Gasteiger partial charge in [0.2, 0.25) is 0 Å². The summed E-state index contributed by atoms with van der Waals surface area (Å²) in [6.45, 7) is 0. The predicted octanol–water partition coefficient (Wildman–Crippen LogP) is 3.06. The Balaban J connectivity index is 2.28. The molecule has 0 bridgehead atoms. The number of hydrogen-bond acceptors (Lipinski definition) is 5. The van der Waals surface area contributed by atoms with Gasteiger partial charge in [-0.3, -0.25) is 9.36 Å². The molecule has 0 aliphatic heterocycles. The summed E-state index contributed by atoms with van der Waals surface area (Å²) in [4.78, 5) is 17.3. The Kier molecular flexibility index (Phi) is 4.31. The first kappa shape index (κ1) is 16.1. The van der Waals surface area contributed by atoms with Gasteiger partial charge in [0.15, 0.2) is 0 Å². The smallest absolute Gasteiger partial charge is 0.269 e. The van der Waals surface area contributed by atoms with Gasteiger partial charge in [-0.25, -0.2) is 4.98 Å². The van der Waals surface area contributed by atoms with Crippen molar-refractivity contribution in [2.75, 3.05) is 21.3 Å². The Morgan fingerprint density at radius 3 is 2.38 bits per heavy atom. The van der Waals surface area contributed by atoms with E-state index >= 15 is 0 Å². The molecular formula is C17H15ClN2O4. The van der Waals surface area contributed by atoms with Crippen LogP contribution in [-0.4, -0.2) is 30.9 Å². The maximum atomic E-state index is 12.9. The topological polar surface area (TPSA) is 62.6 Å².